The van der Waals surface area contributed by atoms with Gasteiger partial charge in [-0.25, -0.2) is 8.42 Å². The summed E-state index contributed by atoms with van der Waals surface area (Å²) < 4.78 is 25.4. The number of sulfonamides is 1. The first-order valence-corrected chi connectivity index (χ1v) is 10.6. The predicted molar refractivity (Wildman–Crippen MR) is 108 cm³/mol. The molecule has 2 aromatic carbocycles. The molecule has 0 saturated carbocycles. The van der Waals surface area contributed by atoms with Crippen LogP contribution in [0.3, 0.4) is 0 Å². The van der Waals surface area contributed by atoms with Gasteiger partial charge in [0, 0.05) is 18.7 Å². The number of aryl methyl sites for hydroxylation is 1. The first-order chi connectivity index (χ1) is 13.2. The number of carbonyl (C=O) groups is 1. The van der Waals surface area contributed by atoms with Crippen molar-refractivity contribution in [1.29, 1.82) is 0 Å². The van der Waals surface area contributed by atoms with Crippen molar-refractivity contribution in [1.82, 2.24) is 5.32 Å². The number of hydrogen-bond donors (Lipinski definition) is 1. The van der Waals surface area contributed by atoms with Crippen molar-refractivity contribution in [2.45, 2.75) is 25.8 Å². The molecule has 0 unspecified atom stereocenters. The second-order valence-electron chi connectivity index (χ2n) is 6.39. The highest BCUT2D eigenvalue weighted by molar-refractivity contribution is 7.92. The molecular weight excluding hydrogens is 382 g/mol. The Morgan fingerprint density at radius 3 is 2.46 bits per heavy atom. The molecule has 1 N–H and O–H groups in total. The molecule has 0 radical (unpaired) electrons. The molecule has 0 fully saturated rings. The fourth-order valence-corrected chi connectivity index (χ4v) is 4.02. The van der Waals surface area contributed by atoms with Crippen LogP contribution in [0.2, 0.25) is 0 Å². The highest BCUT2D eigenvalue weighted by atomic mass is 32.2. The molecule has 2 rings (SSSR count). The van der Waals surface area contributed by atoms with Gasteiger partial charge in [0.05, 0.1) is 16.9 Å². The van der Waals surface area contributed by atoms with E-state index >= 15 is 0 Å². The lowest BCUT2D eigenvalue weighted by molar-refractivity contribution is -0.384. The Kier molecular flexibility index (Phi) is 7.11. The molecule has 0 aliphatic rings. The van der Waals surface area contributed by atoms with Gasteiger partial charge < -0.3 is 5.32 Å². The van der Waals surface area contributed by atoms with E-state index in [1.54, 1.807) is 0 Å². The maximum Gasteiger partial charge on any atom is 0.271 e. The number of carbonyl (C=O) groups excluding carboxylic acids is 1. The van der Waals surface area contributed by atoms with Crippen molar-refractivity contribution in [3.05, 3.63) is 70.3 Å². The number of rotatable bonds is 9. The number of hydrogen-bond acceptors (Lipinski definition) is 5. The molecule has 150 valence electrons. The number of nitrogens with one attached hydrogen (secondary N) is 1. The van der Waals surface area contributed by atoms with Crippen LogP contribution in [0.1, 0.15) is 18.9 Å². The van der Waals surface area contributed by atoms with Gasteiger partial charge in [-0.15, -0.1) is 0 Å². The Morgan fingerprint density at radius 2 is 1.86 bits per heavy atom. The number of benzene rings is 2. The molecule has 1 atom stereocenters. The predicted octanol–water partition coefficient (Wildman–Crippen LogP) is 2.50. The van der Waals surface area contributed by atoms with Crippen LogP contribution in [0.15, 0.2) is 54.6 Å². The molecule has 2 aromatic rings. The van der Waals surface area contributed by atoms with Gasteiger partial charge in [0.25, 0.3) is 5.69 Å². The normalized spacial score (nSPS) is 12.2. The summed E-state index contributed by atoms with van der Waals surface area (Å²) in [7, 11) is -3.83. The van der Waals surface area contributed by atoms with Gasteiger partial charge in [-0.3, -0.25) is 19.2 Å². The third kappa shape index (κ3) is 5.78. The van der Waals surface area contributed by atoms with Crippen LogP contribution in [0.4, 0.5) is 11.4 Å². The standard InChI is InChI=1S/C19H23N3O5S/c1-15(19(23)20-13-7-10-16-8-4-3-5-9-16)21(28(2,26)27)17-11-6-12-18(14-17)22(24)25/h3-6,8-9,11-12,14-15H,7,10,13H2,1-2H3,(H,20,23)/t15-/m0/s1. The Bertz CT molecular complexity index is 932. The minimum absolute atomic E-state index is 0.0728. The molecule has 0 aromatic heterocycles. The summed E-state index contributed by atoms with van der Waals surface area (Å²) >= 11 is 0. The molecule has 0 bridgehead atoms. The number of anilines is 1. The van der Waals surface area contributed by atoms with Crippen LogP contribution in [0.25, 0.3) is 0 Å². The zero-order valence-electron chi connectivity index (χ0n) is 15.7. The van der Waals surface area contributed by atoms with Crippen LogP contribution < -0.4 is 9.62 Å². The van der Waals surface area contributed by atoms with Crippen LogP contribution in [-0.4, -0.2) is 38.1 Å². The quantitative estimate of drug-likeness (QED) is 0.392. The zero-order valence-corrected chi connectivity index (χ0v) is 16.6. The summed E-state index contributed by atoms with van der Waals surface area (Å²) in [6, 6.07) is 14.0. The molecule has 8 nitrogen and oxygen atoms in total. The minimum Gasteiger partial charge on any atom is -0.354 e. The average Bonchev–Trinajstić information content (AvgIpc) is 2.65. The van der Waals surface area contributed by atoms with E-state index in [9.17, 15) is 23.3 Å². The number of amides is 1. The van der Waals surface area contributed by atoms with E-state index in [2.05, 4.69) is 5.32 Å². The van der Waals surface area contributed by atoms with E-state index in [1.165, 1.54) is 25.1 Å². The Labute approximate surface area is 164 Å². The van der Waals surface area contributed by atoms with E-state index in [0.29, 0.717) is 13.0 Å². The first kappa shape index (κ1) is 21.4. The summed E-state index contributed by atoms with van der Waals surface area (Å²) in [5.74, 6) is -0.468. The van der Waals surface area contributed by atoms with Gasteiger partial charge in [-0.1, -0.05) is 36.4 Å². The van der Waals surface area contributed by atoms with Crippen LogP contribution >= 0.6 is 0 Å². The van der Waals surface area contributed by atoms with Crippen molar-refractivity contribution in [3.63, 3.8) is 0 Å². The minimum atomic E-state index is -3.83. The van der Waals surface area contributed by atoms with Gasteiger partial charge in [0.2, 0.25) is 15.9 Å². The second kappa shape index (κ2) is 9.32. The molecule has 0 heterocycles. The number of nitro groups is 1. The van der Waals surface area contributed by atoms with Crippen molar-refractivity contribution in [3.8, 4) is 0 Å². The van der Waals surface area contributed by atoms with E-state index in [4.69, 9.17) is 0 Å². The topological polar surface area (TPSA) is 110 Å². The van der Waals surface area contributed by atoms with Gasteiger partial charge in [0.1, 0.15) is 6.04 Å². The Hall–Kier alpha value is -2.94. The highest BCUT2D eigenvalue weighted by Gasteiger charge is 2.29. The third-order valence-electron chi connectivity index (χ3n) is 4.17. The van der Waals surface area contributed by atoms with Gasteiger partial charge >= 0.3 is 0 Å². The molecular formula is C19H23N3O5S. The lowest BCUT2D eigenvalue weighted by atomic mass is 10.1. The molecule has 9 heteroatoms. The van der Waals surface area contributed by atoms with Crippen LogP contribution in [0.5, 0.6) is 0 Å². The van der Waals surface area contributed by atoms with Gasteiger partial charge in [-0.2, -0.15) is 0 Å². The SMILES string of the molecule is C[C@@H](C(=O)NCCCc1ccccc1)N(c1cccc([N+](=O)[O-])c1)S(C)(=O)=O. The summed E-state index contributed by atoms with van der Waals surface area (Å²) in [5, 5.41) is 13.7. The van der Waals surface area contributed by atoms with Crippen molar-refractivity contribution < 1.29 is 18.1 Å². The van der Waals surface area contributed by atoms with Gasteiger partial charge in [-0.05, 0) is 31.4 Å². The average molecular weight is 405 g/mol. The monoisotopic (exact) mass is 405 g/mol. The maximum atomic E-state index is 12.5. The largest absolute Gasteiger partial charge is 0.354 e. The fourth-order valence-electron chi connectivity index (χ4n) is 2.85. The summed E-state index contributed by atoms with van der Waals surface area (Å²) in [6.45, 7) is 1.84. The third-order valence-corrected chi connectivity index (χ3v) is 5.41. The van der Waals surface area contributed by atoms with E-state index in [-0.39, 0.29) is 11.4 Å². The maximum absolute atomic E-state index is 12.5. The lowest BCUT2D eigenvalue weighted by Crippen LogP contribution is -2.48. The zero-order chi connectivity index (χ0) is 20.7. The van der Waals surface area contributed by atoms with Crippen molar-refractivity contribution >= 4 is 27.3 Å². The lowest BCUT2D eigenvalue weighted by Gasteiger charge is -2.28. The van der Waals surface area contributed by atoms with E-state index in [0.717, 1.165) is 28.6 Å². The van der Waals surface area contributed by atoms with E-state index < -0.39 is 26.9 Å². The summed E-state index contributed by atoms with van der Waals surface area (Å²) in [5.41, 5.74) is 0.976. The molecule has 1 amide bonds. The molecule has 0 spiro atoms. The number of non-ortho nitro benzene ring substituents is 1. The first-order valence-electron chi connectivity index (χ1n) is 8.75. The Balaban J connectivity index is 2.06. The van der Waals surface area contributed by atoms with Crippen molar-refractivity contribution in [2.75, 3.05) is 17.1 Å². The molecule has 28 heavy (non-hydrogen) atoms. The van der Waals surface area contributed by atoms with E-state index in [1.807, 2.05) is 30.3 Å². The van der Waals surface area contributed by atoms with Gasteiger partial charge in [0.15, 0.2) is 0 Å². The molecule has 0 aliphatic carbocycles. The fraction of sp³-hybridized carbons (Fsp3) is 0.316. The molecule has 0 aliphatic heterocycles. The second-order valence-corrected chi connectivity index (χ2v) is 8.25. The number of nitrogens with zero attached hydrogens (tertiary/aromatic N) is 2. The smallest absolute Gasteiger partial charge is 0.271 e. The molecule has 0 saturated heterocycles. The van der Waals surface area contributed by atoms with Crippen LogP contribution in [0, 0.1) is 10.1 Å². The summed E-state index contributed by atoms with van der Waals surface area (Å²) in [4.78, 5) is 22.8. The van der Waals surface area contributed by atoms with Crippen molar-refractivity contribution in [2.24, 2.45) is 0 Å². The van der Waals surface area contributed by atoms with Crippen LogP contribution in [-0.2, 0) is 21.2 Å². The highest BCUT2D eigenvalue weighted by Crippen LogP contribution is 2.25. The number of nitro benzene ring substituents is 1. The summed E-state index contributed by atoms with van der Waals surface area (Å²) in [6.07, 6.45) is 2.46. The Morgan fingerprint density at radius 1 is 1.18 bits per heavy atom.